The Balaban J connectivity index is 1.96. The van der Waals surface area contributed by atoms with Gasteiger partial charge in [0.15, 0.2) is 0 Å². The summed E-state index contributed by atoms with van der Waals surface area (Å²) in [6, 6.07) is 14.1. The van der Waals surface area contributed by atoms with Crippen molar-refractivity contribution < 1.29 is 0 Å². The number of halogens is 2. The Labute approximate surface area is 124 Å². The third kappa shape index (κ3) is 2.48. The van der Waals surface area contributed by atoms with Gasteiger partial charge < -0.3 is 10.3 Å². The number of hydrogen-bond donors (Lipinski definition) is 2. The van der Waals surface area contributed by atoms with Crippen LogP contribution in [0.1, 0.15) is 5.56 Å². The van der Waals surface area contributed by atoms with Gasteiger partial charge in [-0.15, -0.1) is 0 Å². The predicted octanol–water partition coefficient (Wildman–Crippen LogP) is 5.64. The first-order valence-corrected chi connectivity index (χ1v) is 7.11. The van der Waals surface area contributed by atoms with E-state index in [1.807, 2.05) is 30.3 Å². The molecule has 0 fully saturated rings. The molecule has 0 aliphatic carbocycles. The summed E-state index contributed by atoms with van der Waals surface area (Å²) in [5, 5.41) is 5.19. The molecule has 2 N–H and O–H groups in total. The second-order valence-corrected chi connectivity index (χ2v) is 5.74. The number of H-pyrrole nitrogens is 1. The van der Waals surface area contributed by atoms with Crippen LogP contribution in [0.4, 0.5) is 11.5 Å². The van der Waals surface area contributed by atoms with Crippen molar-refractivity contribution in [2.75, 3.05) is 5.32 Å². The lowest BCUT2D eigenvalue weighted by molar-refractivity contribution is 1.38. The first-order chi connectivity index (χ1) is 9.13. The highest BCUT2D eigenvalue weighted by atomic mass is 79.9. The van der Waals surface area contributed by atoms with Crippen LogP contribution in [0.5, 0.6) is 0 Å². The molecular formula is C15H12BrClN2. The van der Waals surface area contributed by atoms with Crippen LogP contribution in [-0.4, -0.2) is 4.98 Å². The SMILES string of the molecule is Cc1cc(Nc2cc3cccc(Cl)c3[nH]2)ccc1Br. The van der Waals surface area contributed by atoms with Crippen molar-refractivity contribution in [3.63, 3.8) is 0 Å². The van der Waals surface area contributed by atoms with Gasteiger partial charge in [0, 0.05) is 15.5 Å². The molecule has 2 nitrogen and oxygen atoms in total. The van der Waals surface area contributed by atoms with Gasteiger partial charge in [-0.1, -0.05) is 39.7 Å². The van der Waals surface area contributed by atoms with E-state index in [2.05, 4.69) is 45.3 Å². The standard InChI is InChI=1S/C15H12BrClN2/c1-9-7-11(5-6-12(9)16)18-14-8-10-3-2-4-13(17)15(10)19-14/h2-8,18-19H,1H3. The lowest BCUT2D eigenvalue weighted by Gasteiger charge is -2.06. The molecule has 0 saturated heterocycles. The molecule has 0 amide bonds. The number of rotatable bonds is 2. The number of nitrogens with one attached hydrogen (secondary N) is 2. The second kappa shape index (κ2) is 4.91. The minimum absolute atomic E-state index is 0.734. The van der Waals surface area contributed by atoms with Crippen LogP contribution in [0.3, 0.4) is 0 Å². The highest BCUT2D eigenvalue weighted by Crippen LogP contribution is 2.28. The molecule has 0 bridgehead atoms. The van der Waals surface area contributed by atoms with Gasteiger partial charge in [0.05, 0.1) is 10.5 Å². The zero-order chi connectivity index (χ0) is 13.4. The molecule has 19 heavy (non-hydrogen) atoms. The highest BCUT2D eigenvalue weighted by molar-refractivity contribution is 9.10. The van der Waals surface area contributed by atoms with E-state index in [0.717, 1.165) is 31.9 Å². The third-order valence-electron chi connectivity index (χ3n) is 3.04. The maximum absolute atomic E-state index is 6.15. The molecule has 0 saturated carbocycles. The van der Waals surface area contributed by atoms with Crippen LogP contribution in [0.25, 0.3) is 10.9 Å². The first kappa shape index (κ1) is 12.6. The molecule has 0 atom stereocenters. The third-order valence-corrected chi connectivity index (χ3v) is 4.25. The van der Waals surface area contributed by atoms with Crippen LogP contribution < -0.4 is 5.32 Å². The molecule has 0 unspecified atom stereocenters. The van der Waals surface area contributed by atoms with Crippen molar-refractivity contribution in [2.24, 2.45) is 0 Å². The summed E-state index contributed by atoms with van der Waals surface area (Å²) in [5.41, 5.74) is 3.20. The Morgan fingerprint density at radius 3 is 2.74 bits per heavy atom. The maximum Gasteiger partial charge on any atom is 0.108 e. The number of para-hydroxylation sites is 1. The number of aromatic amines is 1. The van der Waals surface area contributed by atoms with E-state index in [9.17, 15) is 0 Å². The minimum atomic E-state index is 0.734. The molecule has 2 aromatic carbocycles. The molecule has 4 heteroatoms. The molecule has 3 aromatic rings. The van der Waals surface area contributed by atoms with Gasteiger partial charge >= 0.3 is 0 Å². The average molecular weight is 336 g/mol. The quantitative estimate of drug-likeness (QED) is 0.623. The topological polar surface area (TPSA) is 27.8 Å². The van der Waals surface area contributed by atoms with E-state index in [1.54, 1.807) is 0 Å². The fraction of sp³-hybridized carbons (Fsp3) is 0.0667. The second-order valence-electron chi connectivity index (χ2n) is 4.48. The summed E-state index contributed by atoms with van der Waals surface area (Å²) in [4.78, 5) is 3.29. The van der Waals surface area contributed by atoms with Crippen molar-refractivity contribution in [1.82, 2.24) is 4.98 Å². The van der Waals surface area contributed by atoms with Gasteiger partial charge in [0.25, 0.3) is 0 Å². The van der Waals surface area contributed by atoms with Crippen LogP contribution in [0.15, 0.2) is 46.9 Å². The Morgan fingerprint density at radius 2 is 2.00 bits per heavy atom. The summed E-state index contributed by atoms with van der Waals surface area (Å²) in [7, 11) is 0. The van der Waals surface area contributed by atoms with Crippen molar-refractivity contribution in [1.29, 1.82) is 0 Å². The number of anilines is 2. The normalized spacial score (nSPS) is 10.9. The molecule has 0 spiro atoms. The average Bonchev–Trinajstić information content (AvgIpc) is 2.78. The molecular weight excluding hydrogens is 324 g/mol. The van der Waals surface area contributed by atoms with Crippen molar-refractivity contribution in [3.05, 3.63) is 57.5 Å². The Kier molecular flexibility index (Phi) is 3.25. The van der Waals surface area contributed by atoms with Gasteiger partial charge in [0.2, 0.25) is 0 Å². The lowest BCUT2D eigenvalue weighted by Crippen LogP contribution is -1.90. The van der Waals surface area contributed by atoms with Crippen molar-refractivity contribution in [2.45, 2.75) is 6.92 Å². The summed E-state index contributed by atoms with van der Waals surface area (Å²) in [5.74, 6) is 0.935. The predicted molar refractivity (Wildman–Crippen MR) is 85.5 cm³/mol. The van der Waals surface area contributed by atoms with Crippen LogP contribution >= 0.6 is 27.5 Å². The molecule has 96 valence electrons. The maximum atomic E-state index is 6.15. The zero-order valence-corrected chi connectivity index (χ0v) is 12.6. The summed E-state index contributed by atoms with van der Waals surface area (Å²) < 4.78 is 1.11. The number of aromatic nitrogens is 1. The van der Waals surface area contributed by atoms with Crippen LogP contribution in [0.2, 0.25) is 5.02 Å². The highest BCUT2D eigenvalue weighted by Gasteiger charge is 2.04. The van der Waals surface area contributed by atoms with E-state index >= 15 is 0 Å². The van der Waals surface area contributed by atoms with Gasteiger partial charge in [-0.2, -0.15) is 0 Å². The first-order valence-electron chi connectivity index (χ1n) is 5.94. The van der Waals surface area contributed by atoms with Gasteiger partial charge in [-0.25, -0.2) is 0 Å². The largest absolute Gasteiger partial charge is 0.342 e. The Bertz CT molecular complexity index is 749. The smallest absolute Gasteiger partial charge is 0.108 e. The lowest BCUT2D eigenvalue weighted by atomic mass is 10.2. The number of aryl methyl sites for hydroxylation is 1. The molecule has 1 aromatic heterocycles. The Hall–Kier alpha value is -1.45. The van der Waals surface area contributed by atoms with Gasteiger partial charge in [0.1, 0.15) is 5.82 Å². The summed E-state index contributed by atoms with van der Waals surface area (Å²) in [6.45, 7) is 2.07. The molecule has 3 rings (SSSR count). The van der Waals surface area contributed by atoms with E-state index in [-0.39, 0.29) is 0 Å². The fourth-order valence-electron chi connectivity index (χ4n) is 2.06. The zero-order valence-electron chi connectivity index (χ0n) is 10.3. The van der Waals surface area contributed by atoms with Crippen LogP contribution in [0, 0.1) is 6.92 Å². The van der Waals surface area contributed by atoms with E-state index in [1.165, 1.54) is 5.56 Å². The number of hydrogen-bond acceptors (Lipinski definition) is 1. The van der Waals surface area contributed by atoms with E-state index in [4.69, 9.17) is 11.6 Å². The van der Waals surface area contributed by atoms with Crippen molar-refractivity contribution in [3.8, 4) is 0 Å². The fourth-order valence-corrected chi connectivity index (χ4v) is 2.54. The molecule has 0 radical (unpaired) electrons. The van der Waals surface area contributed by atoms with Crippen LogP contribution in [-0.2, 0) is 0 Å². The molecule has 0 aliphatic rings. The van der Waals surface area contributed by atoms with Gasteiger partial charge in [-0.05, 0) is 42.8 Å². The summed E-state index contributed by atoms with van der Waals surface area (Å²) in [6.07, 6.45) is 0. The minimum Gasteiger partial charge on any atom is -0.342 e. The van der Waals surface area contributed by atoms with Crippen molar-refractivity contribution >= 4 is 49.9 Å². The van der Waals surface area contributed by atoms with E-state index in [0.29, 0.717) is 0 Å². The number of benzene rings is 2. The molecule has 0 aliphatic heterocycles. The molecule has 1 heterocycles. The number of fused-ring (bicyclic) bond motifs is 1. The van der Waals surface area contributed by atoms with E-state index < -0.39 is 0 Å². The van der Waals surface area contributed by atoms with Gasteiger partial charge in [-0.3, -0.25) is 0 Å². The summed E-state index contributed by atoms with van der Waals surface area (Å²) >= 11 is 9.65. The Morgan fingerprint density at radius 1 is 1.16 bits per heavy atom. The monoisotopic (exact) mass is 334 g/mol.